The number of methoxy groups -OCH3 is 1. The number of halogens is 1. The molecule has 0 radical (unpaired) electrons. The van der Waals surface area contributed by atoms with E-state index in [2.05, 4.69) is 27.5 Å². The summed E-state index contributed by atoms with van der Waals surface area (Å²) in [6.07, 6.45) is 2.42. The van der Waals surface area contributed by atoms with Crippen LogP contribution in [-0.2, 0) is 4.74 Å². The van der Waals surface area contributed by atoms with Crippen LogP contribution in [0.4, 0.5) is 0 Å². The van der Waals surface area contributed by atoms with E-state index in [0.29, 0.717) is 19.2 Å². The number of hydrogen-bond acceptors (Lipinski definition) is 3. The average molecular weight is 359 g/mol. The van der Waals surface area contributed by atoms with Crippen molar-refractivity contribution >= 4 is 28.4 Å². The molecule has 1 aliphatic carbocycles. The summed E-state index contributed by atoms with van der Waals surface area (Å²) in [4.78, 5) is 14.4. The Bertz CT molecular complexity index is 401. The molecule has 0 aromatic heterocycles. The third-order valence-corrected chi connectivity index (χ3v) is 3.88. The molecule has 1 aromatic carbocycles. The van der Waals surface area contributed by atoms with E-state index in [-0.39, 0.29) is 5.78 Å². The SMILES string of the molecule is COCCN(CC(=O)c1ccc(I)cc1)C1CC1. The number of nitrogens with zero attached hydrogens (tertiary/aromatic N) is 1. The van der Waals surface area contributed by atoms with Gasteiger partial charge < -0.3 is 4.74 Å². The van der Waals surface area contributed by atoms with Gasteiger partial charge in [-0.1, -0.05) is 12.1 Å². The number of rotatable bonds is 7. The molecular weight excluding hydrogens is 341 g/mol. The molecule has 4 heteroatoms. The van der Waals surface area contributed by atoms with E-state index < -0.39 is 0 Å². The number of Topliss-reactive ketones (excluding diaryl/α,β-unsaturated/α-hetero) is 1. The minimum atomic E-state index is 0.203. The fraction of sp³-hybridized carbons (Fsp3) is 0.500. The smallest absolute Gasteiger partial charge is 0.176 e. The molecule has 0 heterocycles. The van der Waals surface area contributed by atoms with Gasteiger partial charge in [0, 0.05) is 28.8 Å². The minimum Gasteiger partial charge on any atom is -0.383 e. The summed E-state index contributed by atoms with van der Waals surface area (Å²) in [5.74, 6) is 0.203. The zero-order chi connectivity index (χ0) is 13.0. The number of benzene rings is 1. The standard InChI is InChI=1S/C14H18INO2/c1-18-9-8-16(13-6-7-13)10-14(17)11-2-4-12(15)5-3-11/h2-5,13H,6-10H2,1H3. The second-order valence-corrected chi connectivity index (χ2v) is 5.87. The lowest BCUT2D eigenvalue weighted by atomic mass is 10.1. The van der Waals surface area contributed by atoms with Crippen molar-refractivity contribution in [2.75, 3.05) is 26.8 Å². The zero-order valence-corrected chi connectivity index (χ0v) is 12.7. The summed E-state index contributed by atoms with van der Waals surface area (Å²) in [5, 5.41) is 0. The average Bonchev–Trinajstić information content (AvgIpc) is 3.19. The lowest BCUT2D eigenvalue weighted by molar-refractivity contribution is 0.0886. The number of ether oxygens (including phenoxy) is 1. The summed E-state index contributed by atoms with van der Waals surface area (Å²) in [5.41, 5.74) is 0.804. The molecule has 0 amide bonds. The van der Waals surface area contributed by atoms with Crippen molar-refractivity contribution in [1.29, 1.82) is 0 Å². The maximum atomic E-state index is 12.2. The van der Waals surface area contributed by atoms with Crippen LogP contribution in [0.5, 0.6) is 0 Å². The van der Waals surface area contributed by atoms with Crippen LogP contribution >= 0.6 is 22.6 Å². The van der Waals surface area contributed by atoms with Crippen molar-refractivity contribution in [3.8, 4) is 0 Å². The topological polar surface area (TPSA) is 29.5 Å². The monoisotopic (exact) mass is 359 g/mol. The molecule has 0 atom stereocenters. The molecule has 0 N–H and O–H groups in total. The first kappa shape index (κ1) is 14.0. The normalized spacial score (nSPS) is 15.1. The Balaban J connectivity index is 1.93. The highest BCUT2D eigenvalue weighted by Gasteiger charge is 2.29. The second-order valence-electron chi connectivity index (χ2n) is 4.62. The Morgan fingerprint density at radius 3 is 2.61 bits per heavy atom. The molecule has 0 saturated heterocycles. The molecule has 98 valence electrons. The second kappa shape index (κ2) is 6.63. The molecule has 0 aliphatic heterocycles. The van der Waals surface area contributed by atoms with Gasteiger partial charge in [-0.2, -0.15) is 0 Å². The summed E-state index contributed by atoms with van der Waals surface area (Å²) >= 11 is 2.25. The van der Waals surface area contributed by atoms with E-state index >= 15 is 0 Å². The van der Waals surface area contributed by atoms with Gasteiger partial charge >= 0.3 is 0 Å². The fourth-order valence-electron chi connectivity index (χ4n) is 1.95. The molecule has 3 nitrogen and oxygen atoms in total. The maximum absolute atomic E-state index is 12.2. The van der Waals surface area contributed by atoms with Crippen LogP contribution in [0.2, 0.25) is 0 Å². The largest absolute Gasteiger partial charge is 0.383 e. The number of hydrogen-bond donors (Lipinski definition) is 0. The van der Waals surface area contributed by atoms with Crippen LogP contribution in [0.25, 0.3) is 0 Å². The lowest BCUT2D eigenvalue weighted by Gasteiger charge is -2.20. The van der Waals surface area contributed by atoms with Gasteiger partial charge in [-0.05, 0) is 47.6 Å². The van der Waals surface area contributed by atoms with Crippen LogP contribution in [0, 0.1) is 3.57 Å². The van der Waals surface area contributed by atoms with E-state index in [0.717, 1.165) is 15.7 Å². The third-order valence-electron chi connectivity index (χ3n) is 3.16. The Labute approximate surface area is 122 Å². The van der Waals surface area contributed by atoms with Gasteiger partial charge in [-0.25, -0.2) is 0 Å². The van der Waals surface area contributed by atoms with E-state index in [9.17, 15) is 4.79 Å². The van der Waals surface area contributed by atoms with Crippen molar-refractivity contribution < 1.29 is 9.53 Å². The van der Waals surface area contributed by atoms with Crippen molar-refractivity contribution in [1.82, 2.24) is 4.90 Å². The maximum Gasteiger partial charge on any atom is 0.176 e. The van der Waals surface area contributed by atoms with Gasteiger partial charge in [0.25, 0.3) is 0 Å². The Kier molecular flexibility index (Phi) is 5.14. The first-order valence-electron chi connectivity index (χ1n) is 6.22. The molecule has 1 aliphatic rings. The van der Waals surface area contributed by atoms with Crippen LogP contribution in [0.3, 0.4) is 0 Å². The van der Waals surface area contributed by atoms with Gasteiger partial charge in [-0.3, -0.25) is 9.69 Å². The fourth-order valence-corrected chi connectivity index (χ4v) is 2.31. The zero-order valence-electron chi connectivity index (χ0n) is 10.6. The first-order valence-corrected chi connectivity index (χ1v) is 7.30. The molecule has 18 heavy (non-hydrogen) atoms. The molecule has 0 bridgehead atoms. The van der Waals surface area contributed by atoms with E-state index in [4.69, 9.17) is 4.74 Å². The predicted molar refractivity (Wildman–Crippen MR) is 80.0 cm³/mol. The Hall–Kier alpha value is -0.460. The number of carbonyl (C=O) groups is 1. The van der Waals surface area contributed by atoms with Crippen molar-refractivity contribution in [2.24, 2.45) is 0 Å². The highest BCUT2D eigenvalue weighted by Crippen LogP contribution is 2.26. The quantitative estimate of drug-likeness (QED) is 0.554. The van der Waals surface area contributed by atoms with E-state index in [1.807, 2.05) is 24.3 Å². The van der Waals surface area contributed by atoms with Crippen LogP contribution in [0.1, 0.15) is 23.2 Å². The van der Waals surface area contributed by atoms with E-state index in [1.54, 1.807) is 7.11 Å². The molecule has 0 spiro atoms. The summed E-state index contributed by atoms with van der Waals surface area (Å²) in [7, 11) is 1.70. The summed E-state index contributed by atoms with van der Waals surface area (Å²) in [6, 6.07) is 8.36. The lowest BCUT2D eigenvalue weighted by Crippen LogP contribution is -2.34. The highest BCUT2D eigenvalue weighted by molar-refractivity contribution is 14.1. The van der Waals surface area contributed by atoms with Gasteiger partial charge in [0.05, 0.1) is 13.2 Å². The van der Waals surface area contributed by atoms with Crippen molar-refractivity contribution in [3.63, 3.8) is 0 Å². The van der Waals surface area contributed by atoms with Gasteiger partial charge in [0.2, 0.25) is 0 Å². The molecule has 1 saturated carbocycles. The molecule has 1 aromatic rings. The van der Waals surface area contributed by atoms with Crippen molar-refractivity contribution in [3.05, 3.63) is 33.4 Å². The summed E-state index contributed by atoms with van der Waals surface area (Å²) in [6.45, 7) is 2.04. The Morgan fingerprint density at radius 2 is 2.06 bits per heavy atom. The van der Waals surface area contributed by atoms with E-state index in [1.165, 1.54) is 12.8 Å². The molecular formula is C14H18INO2. The summed E-state index contributed by atoms with van der Waals surface area (Å²) < 4.78 is 6.25. The van der Waals surface area contributed by atoms with Crippen molar-refractivity contribution in [2.45, 2.75) is 18.9 Å². The minimum absolute atomic E-state index is 0.203. The predicted octanol–water partition coefficient (Wildman–Crippen LogP) is 2.58. The number of ketones is 1. The van der Waals surface area contributed by atoms with Crippen LogP contribution in [0.15, 0.2) is 24.3 Å². The highest BCUT2D eigenvalue weighted by atomic mass is 127. The first-order chi connectivity index (χ1) is 8.70. The van der Waals surface area contributed by atoms with Gasteiger partial charge in [0.1, 0.15) is 0 Å². The van der Waals surface area contributed by atoms with Crippen LogP contribution < -0.4 is 0 Å². The molecule has 0 unspecified atom stereocenters. The van der Waals surface area contributed by atoms with Gasteiger partial charge in [-0.15, -0.1) is 0 Å². The molecule has 2 rings (SSSR count). The van der Waals surface area contributed by atoms with Crippen LogP contribution in [-0.4, -0.2) is 43.5 Å². The molecule has 1 fully saturated rings. The Morgan fingerprint density at radius 1 is 1.39 bits per heavy atom. The third kappa shape index (κ3) is 4.03. The number of carbonyl (C=O) groups excluding carboxylic acids is 1. The van der Waals surface area contributed by atoms with Gasteiger partial charge in [0.15, 0.2) is 5.78 Å².